The molecule has 0 amide bonds. The molecule has 0 N–H and O–H groups in total. The third-order valence-corrected chi connectivity index (χ3v) is 6.84. The van der Waals surface area contributed by atoms with E-state index in [-0.39, 0.29) is 10.9 Å². The number of rotatable bonds is 5. The summed E-state index contributed by atoms with van der Waals surface area (Å²) in [5.74, 6) is 1.25. The molecule has 0 spiro atoms. The zero-order valence-electron chi connectivity index (χ0n) is 15.5. The van der Waals surface area contributed by atoms with E-state index in [2.05, 4.69) is 9.97 Å². The highest BCUT2D eigenvalue weighted by molar-refractivity contribution is 7.89. The molecule has 1 aromatic carbocycles. The lowest BCUT2D eigenvalue weighted by Crippen LogP contribution is -2.39. The van der Waals surface area contributed by atoms with E-state index in [1.165, 1.54) is 16.8 Å². The van der Waals surface area contributed by atoms with Crippen LogP contribution in [0.4, 0.5) is 0 Å². The van der Waals surface area contributed by atoms with Gasteiger partial charge >= 0.3 is 0 Å². The fourth-order valence-electron chi connectivity index (χ4n) is 3.46. The first kappa shape index (κ1) is 19.2. The molecule has 0 unspecified atom stereocenters. The predicted octanol–water partition coefficient (Wildman–Crippen LogP) is 3.22. The van der Waals surface area contributed by atoms with Gasteiger partial charge in [0, 0.05) is 43.7 Å². The van der Waals surface area contributed by atoms with Crippen LogP contribution in [0.3, 0.4) is 0 Å². The van der Waals surface area contributed by atoms with Crippen LogP contribution in [0, 0.1) is 0 Å². The van der Waals surface area contributed by atoms with E-state index in [9.17, 15) is 8.42 Å². The van der Waals surface area contributed by atoms with Gasteiger partial charge in [-0.05, 0) is 30.5 Å². The molecule has 0 bridgehead atoms. The topological polar surface area (TPSA) is 81.2 Å². The van der Waals surface area contributed by atoms with E-state index in [0.29, 0.717) is 30.4 Å². The Morgan fingerprint density at radius 3 is 2.93 bits per heavy atom. The minimum Gasteiger partial charge on any atom is -0.445 e. The number of aryl methyl sites for hydroxylation is 1. The van der Waals surface area contributed by atoms with E-state index >= 15 is 0 Å². The zero-order chi connectivity index (χ0) is 19.7. The molecule has 4 rings (SSSR count). The van der Waals surface area contributed by atoms with E-state index < -0.39 is 10.0 Å². The molecule has 2 aromatic heterocycles. The van der Waals surface area contributed by atoms with Crippen LogP contribution in [0.1, 0.15) is 36.0 Å². The van der Waals surface area contributed by atoms with Crippen LogP contribution in [-0.2, 0) is 23.5 Å². The first-order valence-electron chi connectivity index (χ1n) is 9.09. The third kappa shape index (κ3) is 3.99. The highest BCUT2D eigenvalue weighted by atomic mass is 35.5. The van der Waals surface area contributed by atoms with Gasteiger partial charge in [0.15, 0.2) is 10.9 Å². The third-order valence-electron chi connectivity index (χ3n) is 4.86. The second-order valence-corrected chi connectivity index (χ2v) is 9.37. The summed E-state index contributed by atoms with van der Waals surface area (Å²) in [6.45, 7) is 0.821. The van der Waals surface area contributed by atoms with Crippen molar-refractivity contribution in [2.24, 2.45) is 7.05 Å². The Balaban J connectivity index is 1.48. The SMILES string of the molecule is Cn1cnc(S(=O)(=O)N2CCC[C@@H](c3ncc(Cc4cccc(Cl)c4)o3)C2)c1. The number of imidazole rings is 1. The number of aromatic nitrogens is 3. The molecule has 9 heteroatoms. The number of hydrogen-bond acceptors (Lipinski definition) is 5. The summed E-state index contributed by atoms with van der Waals surface area (Å²) in [5, 5.41) is 0.754. The van der Waals surface area contributed by atoms with Crippen molar-refractivity contribution in [3.05, 3.63) is 65.2 Å². The average Bonchev–Trinajstić information content (AvgIpc) is 3.31. The van der Waals surface area contributed by atoms with Crippen molar-refractivity contribution in [2.45, 2.75) is 30.2 Å². The fourth-order valence-corrected chi connectivity index (χ4v) is 5.16. The van der Waals surface area contributed by atoms with Crippen molar-refractivity contribution in [1.82, 2.24) is 18.8 Å². The maximum Gasteiger partial charge on any atom is 0.262 e. The van der Waals surface area contributed by atoms with Crippen LogP contribution in [0.25, 0.3) is 0 Å². The second-order valence-electron chi connectivity index (χ2n) is 7.05. The highest BCUT2D eigenvalue weighted by Gasteiger charge is 2.34. The molecular formula is C19H21ClN4O3S. The van der Waals surface area contributed by atoms with Crippen molar-refractivity contribution >= 4 is 21.6 Å². The maximum atomic E-state index is 12.8. The molecule has 3 aromatic rings. The molecular weight excluding hydrogens is 400 g/mol. The molecule has 1 atom stereocenters. The summed E-state index contributed by atoms with van der Waals surface area (Å²) in [5.41, 5.74) is 1.04. The Morgan fingerprint density at radius 2 is 2.18 bits per heavy atom. The number of hydrogen-bond donors (Lipinski definition) is 0. The Kier molecular flexibility index (Phi) is 5.27. The molecule has 28 heavy (non-hydrogen) atoms. The Labute approximate surface area is 169 Å². The largest absolute Gasteiger partial charge is 0.445 e. The molecule has 148 valence electrons. The normalized spacial score (nSPS) is 18.4. The summed E-state index contributed by atoms with van der Waals surface area (Å²) in [7, 11) is -1.86. The smallest absolute Gasteiger partial charge is 0.262 e. The Hall–Kier alpha value is -2.16. The second kappa shape index (κ2) is 7.69. The first-order valence-corrected chi connectivity index (χ1v) is 10.9. The molecule has 0 radical (unpaired) electrons. The van der Waals surface area contributed by atoms with Gasteiger partial charge in [0.1, 0.15) is 5.76 Å². The maximum absolute atomic E-state index is 12.8. The van der Waals surface area contributed by atoms with Gasteiger partial charge in [0.25, 0.3) is 10.0 Å². The lowest BCUT2D eigenvalue weighted by atomic mass is 10.00. The van der Waals surface area contributed by atoms with Crippen LogP contribution in [-0.4, -0.2) is 40.3 Å². The van der Waals surface area contributed by atoms with Crippen molar-refractivity contribution in [2.75, 3.05) is 13.1 Å². The van der Waals surface area contributed by atoms with E-state index in [1.54, 1.807) is 17.8 Å². The number of nitrogens with zero attached hydrogens (tertiary/aromatic N) is 4. The Bertz CT molecular complexity index is 1080. The average molecular weight is 421 g/mol. The summed E-state index contributed by atoms with van der Waals surface area (Å²) in [6.07, 6.45) is 6.91. The van der Waals surface area contributed by atoms with Gasteiger partial charge in [-0.2, -0.15) is 4.31 Å². The van der Waals surface area contributed by atoms with Gasteiger partial charge in [-0.3, -0.25) is 0 Å². The quantitative estimate of drug-likeness (QED) is 0.633. The number of halogens is 1. The molecule has 0 aliphatic carbocycles. The van der Waals surface area contributed by atoms with Gasteiger partial charge in [-0.1, -0.05) is 23.7 Å². The highest BCUT2D eigenvalue weighted by Crippen LogP contribution is 2.30. The molecule has 1 saturated heterocycles. The minimum absolute atomic E-state index is 0.0691. The molecule has 0 saturated carbocycles. The van der Waals surface area contributed by atoms with Crippen molar-refractivity contribution in [1.29, 1.82) is 0 Å². The summed E-state index contributed by atoms with van der Waals surface area (Å²) in [4.78, 5) is 8.41. The molecule has 1 fully saturated rings. The number of benzene rings is 1. The number of piperidine rings is 1. The standard InChI is InChI=1S/C19H21ClN4O3S/c1-23-12-18(22-13-23)28(25,26)24-7-3-5-15(11-24)19-21-10-17(27-19)9-14-4-2-6-16(20)8-14/h2,4,6,8,10,12-13,15H,3,5,7,9,11H2,1H3/t15-/m1/s1. The van der Waals surface area contributed by atoms with Gasteiger partial charge in [-0.25, -0.2) is 18.4 Å². The Morgan fingerprint density at radius 1 is 1.32 bits per heavy atom. The van der Waals surface area contributed by atoms with Gasteiger partial charge in [0.05, 0.1) is 12.5 Å². The molecule has 3 heterocycles. The summed E-state index contributed by atoms with van der Waals surface area (Å²) in [6, 6.07) is 7.60. The zero-order valence-corrected chi connectivity index (χ0v) is 17.0. The number of oxazole rings is 1. The van der Waals surface area contributed by atoms with E-state index in [1.807, 2.05) is 24.3 Å². The van der Waals surface area contributed by atoms with Crippen LogP contribution in [0.15, 0.2) is 52.4 Å². The molecule has 1 aliphatic rings. The first-order chi connectivity index (χ1) is 13.4. The lowest BCUT2D eigenvalue weighted by Gasteiger charge is -2.29. The lowest BCUT2D eigenvalue weighted by molar-refractivity contribution is 0.281. The fraction of sp³-hybridized carbons (Fsp3) is 0.368. The van der Waals surface area contributed by atoms with E-state index in [4.69, 9.17) is 16.0 Å². The van der Waals surface area contributed by atoms with Crippen molar-refractivity contribution < 1.29 is 12.8 Å². The van der Waals surface area contributed by atoms with Gasteiger partial charge < -0.3 is 8.98 Å². The van der Waals surface area contributed by atoms with Gasteiger partial charge in [0.2, 0.25) is 0 Å². The summed E-state index contributed by atoms with van der Waals surface area (Å²) < 4.78 is 34.7. The van der Waals surface area contributed by atoms with Crippen LogP contribution in [0.5, 0.6) is 0 Å². The van der Waals surface area contributed by atoms with Crippen LogP contribution < -0.4 is 0 Å². The summed E-state index contributed by atoms with van der Waals surface area (Å²) >= 11 is 6.03. The predicted molar refractivity (Wildman–Crippen MR) is 105 cm³/mol. The van der Waals surface area contributed by atoms with E-state index in [0.717, 1.165) is 24.2 Å². The van der Waals surface area contributed by atoms with Crippen molar-refractivity contribution in [3.8, 4) is 0 Å². The molecule has 1 aliphatic heterocycles. The minimum atomic E-state index is -3.61. The monoisotopic (exact) mass is 420 g/mol. The van der Waals surface area contributed by atoms with Crippen molar-refractivity contribution in [3.63, 3.8) is 0 Å². The van der Waals surface area contributed by atoms with Gasteiger partial charge in [-0.15, -0.1) is 0 Å². The van der Waals surface area contributed by atoms with Crippen LogP contribution >= 0.6 is 11.6 Å². The number of sulfonamides is 1. The van der Waals surface area contributed by atoms with Crippen LogP contribution in [0.2, 0.25) is 5.02 Å². The molecule has 7 nitrogen and oxygen atoms in total.